The van der Waals surface area contributed by atoms with E-state index < -0.39 is 0 Å². The zero-order chi connectivity index (χ0) is 17.4. The molecule has 0 spiro atoms. The molecule has 0 radical (unpaired) electrons. The summed E-state index contributed by atoms with van der Waals surface area (Å²) in [5.74, 6) is -0.0833. The number of amides is 2. The minimum atomic E-state index is -0.0538. The van der Waals surface area contributed by atoms with Crippen LogP contribution < -0.4 is 5.32 Å². The third-order valence-electron chi connectivity index (χ3n) is 3.72. The van der Waals surface area contributed by atoms with Gasteiger partial charge in [0.2, 0.25) is 11.8 Å². The fourth-order valence-corrected chi connectivity index (χ4v) is 2.49. The van der Waals surface area contributed by atoms with Crippen LogP contribution in [-0.2, 0) is 22.7 Å². The Morgan fingerprint density at radius 2 is 2.04 bits per heavy atom. The number of carbonyl (C=O) groups is 2. The number of carbonyl (C=O) groups excluding carboxylic acids is 2. The Bertz CT molecular complexity index is 640. The first kappa shape index (κ1) is 17.7. The van der Waals surface area contributed by atoms with Crippen molar-refractivity contribution in [2.45, 2.75) is 39.4 Å². The predicted molar refractivity (Wildman–Crippen MR) is 92.0 cm³/mol. The number of benzene rings is 1. The second-order valence-corrected chi connectivity index (χ2v) is 5.90. The lowest BCUT2D eigenvalue weighted by molar-refractivity contribution is -0.130. The first-order chi connectivity index (χ1) is 11.5. The topological polar surface area (TPSA) is 67.2 Å². The predicted octanol–water partition coefficient (Wildman–Crippen LogP) is 1.83. The Hall–Kier alpha value is -2.63. The molecule has 0 fully saturated rings. The van der Waals surface area contributed by atoms with Crippen LogP contribution in [0.3, 0.4) is 0 Å². The number of nitrogens with one attached hydrogen (secondary N) is 1. The minimum absolute atomic E-state index is 0.00611. The second-order valence-electron chi connectivity index (χ2n) is 5.90. The lowest BCUT2D eigenvalue weighted by Crippen LogP contribution is -2.38. The van der Waals surface area contributed by atoms with Crippen LogP contribution in [0.25, 0.3) is 0 Å². The highest BCUT2D eigenvalue weighted by Crippen LogP contribution is 2.05. The number of hydrogen-bond donors (Lipinski definition) is 1. The highest BCUT2D eigenvalue weighted by atomic mass is 16.2. The van der Waals surface area contributed by atoms with Crippen LogP contribution in [0.5, 0.6) is 0 Å². The quantitative estimate of drug-likeness (QED) is 0.804. The van der Waals surface area contributed by atoms with Crippen LogP contribution in [0, 0.1) is 0 Å². The first-order valence-electron chi connectivity index (χ1n) is 8.09. The average molecular weight is 328 g/mol. The van der Waals surface area contributed by atoms with Crippen LogP contribution in [0.4, 0.5) is 0 Å². The van der Waals surface area contributed by atoms with Gasteiger partial charge in [-0.2, -0.15) is 0 Å². The van der Waals surface area contributed by atoms with Crippen LogP contribution in [0.2, 0.25) is 0 Å². The average Bonchev–Trinajstić information content (AvgIpc) is 3.04. The second kappa shape index (κ2) is 8.86. The van der Waals surface area contributed by atoms with E-state index in [1.54, 1.807) is 17.4 Å². The third kappa shape index (κ3) is 5.87. The molecule has 1 aromatic heterocycles. The maximum atomic E-state index is 12.1. The van der Waals surface area contributed by atoms with Crippen molar-refractivity contribution < 1.29 is 9.59 Å². The summed E-state index contributed by atoms with van der Waals surface area (Å²) in [7, 11) is 0. The van der Waals surface area contributed by atoms with Crippen molar-refractivity contribution in [1.82, 2.24) is 19.8 Å². The zero-order valence-corrected chi connectivity index (χ0v) is 14.2. The van der Waals surface area contributed by atoms with E-state index in [9.17, 15) is 9.59 Å². The molecule has 6 nitrogen and oxygen atoms in total. The van der Waals surface area contributed by atoms with E-state index in [-0.39, 0.29) is 17.9 Å². The highest BCUT2D eigenvalue weighted by Gasteiger charge is 2.13. The van der Waals surface area contributed by atoms with Crippen molar-refractivity contribution in [3.63, 3.8) is 0 Å². The largest absolute Gasteiger partial charge is 0.352 e. The van der Waals surface area contributed by atoms with E-state index >= 15 is 0 Å². The van der Waals surface area contributed by atoms with Gasteiger partial charge in [0.25, 0.3) is 0 Å². The SMILES string of the molecule is CC(=O)N(CCC(=O)NC(C)Cn1ccnc1)Cc1ccccc1. The summed E-state index contributed by atoms with van der Waals surface area (Å²) in [4.78, 5) is 29.5. The van der Waals surface area contributed by atoms with Crippen molar-refractivity contribution in [3.05, 3.63) is 54.6 Å². The molecule has 1 unspecified atom stereocenters. The number of imidazole rings is 1. The third-order valence-corrected chi connectivity index (χ3v) is 3.72. The molecule has 0 aliphatic heterocycles. The van der Waals surface area contributed by atoms with Crippen LogP contribution >= 0.6 is 0 Å². The summed E-state index contributed by atoms with van der Waals surface area (Å²) < 4.78 is 1.92. The maximum absolute atomic E-state index is 12.1. The molecule has 0 aliphatic carbocycles. The van der Waals surface area contributed by atoms with Crippen LogP contribution in [-0.4, -0.2) is 38.9 Å². The molecule has 0 aliphatic rings. The van der Waals surface area contributed by atoms with E-state index in [0.717, 1.165) is 5.56 Å². The molecule has 2 amide bonds. The molecular formula is C18H24N4O2. The van der Waals surface area contributed by atoms with Gasteiger partial charge in [-0.25, -0.2) is 4.98 Å². The van der Waals surface area contributed by atoms with Gasteiger partial charge >= 0.3 is 0 Å². The van der Waals surface area contributed by atoms with Crippen LogP contribution in [0.15, 0.2) is 49.1 Å². The Kier molecular flexibility index (Phi) is 6.54. The zero-order valence-electron chi connectivity index (χ0n) is 14.2. The van der Waals surface area contributed by atoms with Gasteiger partial charge in [0, 0.05) is 51.4 Å². The Morgan fingerprint density at radius 1 is 1.29 bits per heavy atom. The number of aromatic nitrogens is 2. The smallest absolute Gasteiger partial charge is 0.222 e. The molecule has 128 valence electrons. The Balaban J connectivity index is 1.78. The molecule has 1 N–H and O–H groups in total. The monoisotopic (exact) mass is 328 g/mol. The van der Waals surface area contributed by atoms with Gasteiger partial charge in [-0.15, -0.1) is 0 Å². The Labute approximate surface area is 142 Å². The van der Waals surface area contributed by atoms with Gasteiger partial charge < -0.3 is 14.8 Å². The molecule has 0 bridgehead atoms. The summed E-state index contributed by atoms with van der Waals surface area (Å²) in [6, 6.07) is 9.78. The maximum Gasteiger partial charge on any atom is 0.222 e. The lowest BCUT2D eigenvalue weighted by Gasteiger charge is -2.21. The summed E-state index contributed by atoms with van der Waals surface area (Å²) >= 11 is 0. The molecule has 2 rings (SSSR count). The molecule has 24 heavy (non-hydrogen) atoms. The van der Waals surface area contributed by atoms with E-state index in [0.29, 0.717) is 26.1 Å². The van der Waals surface area contributed by atoms with Gasteiger partial charge in [0.15, 0.2) is 0 Å². The van der Waals surface area contributed by atoms with Crippen molar-refractivity contribution in [3.8, 4) is 0 Å². The normalized spacial score (nSPS) is 11.8. The molecule has 1 aromatic carbocycles. The fourth-order valence-electron chi connectivity index (χ4n) is 2.49. The van der Waals surface area contributed by atoms with Gasteiger partial charge in [-0.1, -0.05) is 30.3 Å². The number of hydrogen-bond acceptors (Lipinski definition) is 3. The Morgan fingerprint density at radius 3 is 2.67 bits per heavy atom. The molecule has 1 heterocycles. The van der Waals surface area contributed by atoms with Crippen molar-refractivity contribution in [1.29, 1.82) is 0 Å². The molecule has 0 saturated carbocycles. The van der Waals surface area contributed by atoms with Crippen molar-refractivity contribution >= 4 is 11.8 Å². The summed E-state index contributed by atoms with van der Waals surface area (Å²) in [5.41, 5.74) is 1.06. The van der Waals surface area contributed by atoms with Crippen molar-refractivity contribution in [2.75, 3.05) is 6.54 Å². The summed E-state index contributed by atoms with van der Waals surface area (Å²) in [5, 5.41) is 2.95. The highest BCUT2D eigenvalue weighted by molar-refractivity contribution is 5.78. The van der Waals surface area contributed by atoms with E-state index in [2.05, 4.69) is 10.3 Å². The van der Waals surface area contributed by atoms with Gasteiger partial charge in [0.05, 0.1) is 6.33 Å². The van der Waals surface area contributed by atoms with E-state index in [1.807, 2.05) is 48.0 Å². The van der Waals surface area contributed by atoms with Gasteiger partial charge in [-0.05, 0) is 12.5 Å². The summed E-state index contributed by atoms with van der Waals surface area (Å²) in [6.45, 7) is 5.08. The molecule has 0 saturated heterocycles. The molecular weight excluding hydrogens is 304 g/mol. The lowest BCUT2D eigenvalue weighted by atomic mass is 10.2. The minimum Gasteiger partial charge on any atom is -0.352 e. The number of rotatable bonds is 8. The first-order valence-corrected chi connectivity index (χ1v) is 8.09. The molecule has 6 heteroatoms. The van der Waals surface area contributed by atoms with Crippen LogP contribution in [0.1, 0.15) is 25.8 Å². The van der Waals surface area contributed by atoms with E-state index in [4.69, 9.17) is 0 Å². The van der Waals surface area contributed by atoms with E-state index in [1.165, 1.54) is 6.92 Å². The summed E-state index contributed by atoms with van der Waals surface area (Å²) in [6.07, 6.45) is 5.59. The van der Waals surface area contributed by atoms with Gasteiger partial charge in [0.1, 0.15) is 0 Å². The van der Waals surface area contributed by atoms with Crippen molar-refractivity contribution in [2.24, 2.45) is 0 Å². The standard InChI is InChI=1S/C18H24N4O2/c1-15(12-21-11-9-19-14-21)20-18(24)8-10-22(16(2)23)13-17-6-4-3-5-7-17/h3-7,9,11,14-15H,8,10,12-13H2,1-2H3,(H,20,24). The number of nitrogens with zero attached hydrogens (tertiary/aromatic N) is 3. The molecule has 1 atom stereocenters. The van der Waals surface area contributed by atoms with Gasteiger partial charge in [-0.3, -0.25) is 9.59 Å². The fraction of sp³-hybridized carbons (Fsp3) is 0.389. The molecule has 2 aromatic rings.